The number of carbonyl (C=O) groups is 1. The summed E-state index contributed by atoms with van der Waals surface area (Å²) < 4.78 is 5.46. The molecule has 0 aliphatic carbocycles. The monoisotopic (exact) mass is 286 g/mol. The van der Waals surface area contributed by atoms with E-state index in [0.29, 0.717) is 13.1 Å². The minimum atomic E-state index is -0.931. The Labute approximate surface area is 123 Å². The first-order valence-corrected chi connectivity index (χ1v) is 6.94. The van der Waals surface area contributed by atoms with Crippen LogP contribution < -0.4 is 4.90 Å². The number of aromatic nitrogens is 1. The molecule has 3 rings (SSSR count). The number of anilines is 1. The first-order valence-electron chi connectivity index (χ1n) is 6.94. The molecule has 5 nitrogen and oxygen atoms in total. The number of fused-ring (bicyclic) bond motifs is 1. The summed E-state index contributed by atoms with van der Waals surface area (Å²) in [6.07, 6.45) is 0. The third kappa shape index (κ3) is 2.69. The standard InChI is InChI=1S/C16H18N2O3/c1-11-7-14(12-5-3-4-6-13(12)17-11)18-9-16(2,10-18)21-8-15(19)20/h3-7H,8-10H2,1-2H3,(H,19,20). The van der Waals surface area contributed by atoms with Crippen LogP contribution in [0.5, 0.6) is 0 Å². The number of benzene rings is 1. The molecule has 0 atom stereocenters. The number of rotatable bonds is 4. The molecule has 0 spiro atoms. The Morgan fingerprint density at radius 3 is 2.86 bits per heavy atom. The fraction of sp³-hybridized carbons (Fsp3) is 0.375. The highest BCUT2D eigenvalue weighted by Gasteiger charge is 2.41. The molecule has 1 aromatic heterocycles. The van der Waals surface area contributed by atoms with Crippen LogP contribution in [0.4, 0.5) is 5.69 Å². The van der Waals surface area contributed by atoms with Crippen molar-refractivity contribution in [3.05, 3.63) is 36.0 Å². The van der Waals surface area contributed by atoms with Crippen molar-refractivity contribution in [1.29, 1.82) is 0 Å². The van der Waals surface area contributed by atoms with Crippen LogP contribution in [-0.4, -0.2) is 41.4 Å². The van der Waals surface area contributed by atoms with Crippen LogP contribution in [0.2, 0.25) is 0 Å². The minimum Gasteiger partial charge on any atom is -0.480 e. The first kappa shape index (κ1) is 13.8. The second-order valence-corrected chi connectivity index (χ2v) is 5.79. The molecular formula is C16H18N2O3. The van der Waals surface area contributed by atoms with Crippen molar-refractivity contribution in [1.82, 2.24) is 4.98 Å². The second kappa shape index (κ2) is 5.00. The van der Waals surface area contributed by atoms with Crippen LogP contribution in [0.3, 0.4) is 0 Å². The van der Waals surface area contributed by atoms with Gasteiger partial charge in [0.05, 0.1) is 5.52 Å². The zero-order valence-corrected chi connectivity index (χ0v) is 12.2. The van der Waals surface area contributed by atoms with E-state index < -0.39 is 11.6 Å². The highest BCUT2D eigenvalue weighted by atomic mass is 16.5. The number of hydrogen-bond acceptors (Lipinski definition) is 4. The van der Waals surface area contributed by atoms with Crippen LogP contribution in [0, 0.1) is 6.92 Å². The third-order valence-corrected chi connectivity index (χ3v) is 3.76. The highest BCUT2D eigenvalue weighted by Crippen LogP contribution is 2.34. The van der Waals surface area contributed by atoms with E-state index in [1.54, 1.807) is 0 Å². The Bertz CT molecular complexity index is 693. The van der Waals surface area contributed by atoms with Crippen LogP contribution in [0.1, 0.15) is 12.6 Å². The lowest BCUT2D eigenvalue weighted by atomic mass is 9.94. The maximum atomic E-state index is 10.6. The van der Waals surface area contributed by atoms with E-state index >= 15 is 0 Å². The summed E-state index contributed by atoms with van der Waals surface area (Å²) in [7, 11) is 0. The number of ether oxygens (including phenoxy) is 1. The third-order valence-electron chi connectivity index (χ3n) is 3.76. The molecule has 5 heteroatoms. The molecule has 2 aromatic rings. The van der Waals surface area contributed by atoms with Crippen molar-refractivity contribution in [3.8, 4) is 0 Å². The van der Waals surface area contributed by atoms with Crippen molar-refractivity contribution in [3.63, 3.8) is 0 Å². The van der Waals surface area contributed by atoms with Gasteiger partial charge in [-0.15, -0.1) is 0 Å². The van der Waals surface area contributed by atoms with Gasteiger partial charge < -0.3 is 14.7 Å². The maximum Gasteiger partial charge on any atom is 0.329 e. The van der Waals surface area contributed by atoms with E-state index in [2.05, 4.69) is 22.0 Å². The molecular weight excluding hydrogens is 268 g/mol. The second-order valence-electron chi connectivity index (χ2n) is 5.79. The van der Waals surface area contributed by atoms with E-state index in [1.165, 1.54) is 0 Å². The van der Waals surface area contributed by atoms with Crippen LogP contribution in [0.25, 0.3) is 10.9 Å². The van der Waals surface area contributed by atoms with E-state index in [-0.39, 0.29) is 6.61 Å². The topological polar surface area (TPSA) is 62.7 Å². The quantitative estimate of drug-likeness (QED) is 0.933. The average molecular weight is 286 g/mol. The fourth-order valence-corrected chi connectivity index (χ4v) is 2.81. The number of carboxylic acid groups (broad SMARTS) is 1. The number of nitrogens with zero attached hydrogens (tertiary/aromatic N) is 2. The average Bonchev–Trinajstić information content (AvgIpc) is 2.41. The number of carboxylic acids is 1. The smallest absolute Gasteiger partial charge is 0.329 e. The van der Waals surface area contributed by atoms with Gasteiger partial charge in [-0.25, -0.2) is 4.79 Å². The summed E-state index contributed by atoms with van der Waals surface area (Å²) >= 11 is 0. The van der Waals surface area contributed by atoms with Gasteiger partial charge in [0.2, 0.25) is 0 Å². The molecule has 1 aliphatic rings. The molecule has 0 amide bonds. The Kier molecular flexibility index (Phi) is 3.29. The minimum absolute atomic E-state index is 0.250. The SMILES string of the molecule is Cc1cc(N2CC(C)(OCC(=O)O)C2)c2ccccc2n1. The van der Waals surface area contributed by atoms with Gasteiger partial charge in [-0.05, 0) is 26.0 Å². The Hall–Kier alpha value is -2.14. The molecule has 0 saturated carbocycles. The van der Waals surface area contributed by atoms with E-state index in [9.17, 15) is 4.79 Å². The zero-order chi connectivity index (χ0) is 15.0. The summed E-state index contributed by atoms with van der Waals surface area (Å²) in [5.41, 5.74) is 2.70. The van der Waals surface area contributed by atoms with Crippen molar-refractivity contribution < 1.29 is 14.6 Å². The zero-order valence-electron chi connectivity index (χ0n) is 12.2. The normalized spacial score (nSPS) is 16.8. The van der Waals surface area contributed by atoms with Crippen LogP contribution >= 0.6 is 0 Å². The summed E-state index contributed by atoms with van der Waals surface area (Å²) in [6, 6.07) is 10.1. The van der Waals surface area contributed by atoms with Crippen LogP contribution in [0.15, 0.2) is 30.3 Å². The Morgan fingerprint density at radius 1 is 1.43 bits per heavy atom. The summed E-state index contributed by atoms with van der Waals surface area (Å²) in [5.74, 6) is -0.931. The summed E-state index contributed by atoms with van der Waals surface area (Å²) in [6.45, 7) is 5.06. The lowest BCUT2D eigenvalue weighted by Crippen LogP contribution is -2.62. The van der Waals surface area contributed by atoms with Crippen molar-refractivity contribution >= 4 is 22.6 Å². The molecule has 1 aromatic carbocycles. The van der Waals surface area contributed by atoms with Crippen molar-refractivity contribution in [2.75, 3.05) is 24.6 Å². The molecule has 2 heterocycles. The van der Waals surface area contributed by atoms with Gasteiger partial charge in [0.15, 0.2) is 0 Å². The van der Waals surface area contributed by atoms with Gasteiger partial charge in [0.25, 0.3) is 0 Å². The predicted molar refractivity (Wildman–Crippen MR) is 80.7 cm³/mol. The van der Waals surface area contributed by atoms with Gasteiger partial charge in [0.1, 0.15) is 12.2 Å². The molecule has 21 heavy (non-hydrogen) atoms. The molecule has 1 aliphatic heterocycles. The molecule has 1 N–H and O–H groups in total. The lowest BCUT2D eigenvalue weighted by molar-refractivity contribution is -0.150. The molecule has 1 fully saturated rings. The van der Waals surface area contributed by atoms with Gasteiger partial charge in [-0.1, -0.05) is 18.2 Å². The predicted octanol–water partition coefficient (Wildman–Crippen LogP) is 2.22. The molecule has 0 unspecified atom stereocenters. The number of aryl methyl sites for hydroxylation is 1. The number of aliphatic carboxylic acids is 1. The van der Waals surface area contributed by atoms with E-state index in [0.717, 1.165) is 22.3 Å². The summed E-state index contributed by atoms with van der Waals surface area (Å²) in [5, 5.41) is 9.82. The van der Waals surface area contributed by atoms with Gasteiger partial charge in [-0.2, -0.15) is 0 Å². The number of hydrogen-bond donors (Lipinski definition) is 1. The lowest BCUT2D eigenvalue weighted by Gasteiger charge is -2.49. The van der Waals surface area contributed by atoms with Crippen molar-refractivity contribution in [2.45, 2.75) is 19.4 Å². The molecule has 110 valence electrons. The first-order chi connectivity index (χ1) is 9.97. The summed E-state index contributed by atoms with van der Waals surface area (Å²) in [4.78, 5) is 17.4. The van der Waals surface area contributed by atoms with Gasteiger partial charge in [0, 0.05) is 29.9 Å². The molecule has 0 bridgehead atoms. The fourth-order valence-electron chi connectivity index (χ4n) is 2.81. The van der Waals surface area contributed by atoms with E-state index in [1.807, 2.05) is 32.0 Å². The van der Waals surface area contributed by atoms with Crippen LogP contribution in [-0.2, 0) is 9.53 Å². The number of para-hydroxylation sites is 1. The van der Waals surface area contributed by atoms with E-state index in [4.69, 9.17) is 9.84 Å². The number of pyridine rings is 1. The van der Waals surface area contributed by atoms with Gasteiger partial charge >= 0.3 is 5.97 Å². The molecule has 0 radical (unpaired) electrons. The Balaban J connectivity index is 1.82. The highest BCUT2D eigenvalue weighted by molar-refractivity contribution is 5.92. The molecule has 1 saturated heterocycles. The van der Waals surface area contributed by atoms with Crippen molar-refractivity contribution in [2.24, 2.45) is 0 Å². The maximum absolute atomic E-state index is 10.6. The Morgan fingerprint density at radius 2 is 2.14 bits per heavy atom. The largest absolute Gasteiger partial charge is 0.480 e. The van der Waals surface area contributed by atoms with Gasteiger partial charge in [-0.3, -0.25) is 4.98 Å².